The lowest BCUT2D eigenvalue weighted by molar-refractivity contribution is -0.138. The fourth-order valence-electron chi connectivity index (χ4n) is 4.45. The summed E-state index contributed by atoms with van der Waals surface area (Å²) in [4.78, 5) is 17.3. The van der Waals surface area contributed by atoms with Crippen LogP contribution in [0.5, 0.6) is 0 Å². The minimum absolute atomic E-state index is 0. The molecule has 4 nitrogen and oxygen atoms in total. The van der Waals surface area contributed by atoms with E-state index in [-0.39, 0.29) is 36.8 Å². The number of likely N-dealkylation sites (tertiary alicyclic amines) is 1. The van der Waals surface area contributed by atoms with Gasteiger partial charge in [0, 0.05) is 38.1 Å². The molecule has 0 radical (unpaired) electrons. The van der Waals surface area contributed by atoms with Crippen LogP contribution in [-0.4, -0.2) is 48.4 Å². The number of carbonyl (C=O) groups is 1. The first-order chi connectivity index (χ1) is 12.1. The second kappa shape index (κ2) is 11.9. The second-order valence-electron chi connectivity index (χ2n) is 8.07. The molecule has 1 aliphatic carbocycles. The minimum Gasteiger partial charge on any atom is -0.342 e. The number of hydrogen-bond donors (Lipinski definition) is 1. The second-order valence-corrected chi connectivity index (χ2v) is 8.07. The van der Waals surface area contributed by atoms with Crippen LogP contribution in [0.25, 0.3) is 0 Å². The van der Waals surface area contributed by atoms with Crippen LogP contribution in [0.4, 0.5) is 0 Å². The Labute approximate surface area is 176 Å². The van der Waals surface area contributed by atoms with Crippen LogP contribution in [0.15, 0.2) is 30.3 Å². The zero-order chi connectivity index (χ0) is 17.6. The molecule has 1 heterocycles. The Morgan fingerprint density at radius 1 is 1.11 bits per heavy atom. The van der Waals surface area contributed by atoms with Gasteiger partial charge in [0.15, 0.2) is 0 Å². The highest BCUT2D eigenvalue weighted by Crippen LogP contribution is 2.27. The third kappa shape index (κ3) is 7.26. The van der Waals surface area contributed by atoms with Gasteiger partial charge < -0.3 is 15.5 Å². The van der Waals surface area contributed by atoms with E-state index in [1.807, 2.05) is 0 Å². The number of rotatable bonds is 5. The Hall–Kier alpha value is -0.810. The molecule has 0 bridgehead atoms. The Morgan fingerprint density at radius 3 is 2.41 bits per heavy atom. The number of benzene rings is 1. The van der Waals surface area contributed by atoms with Gasteiger partial charge in [-0.25, -0.2) is 0 Å². The molecule has 1 aliphatic heterocycles. The maximum Gasteiger partial charge on any atom is 0.225 e. The topological polar surface area (TPSA) is 49.6 Å². The number of nitrogens with zero attached hydrogens (tertiary/aromatic N) is 2. The van der Waals surface area contributed by atoms with Crippen LogP contribution in [0.1, 0.15) is 44.1 Å². The Kier molecular flexibility index (Phi) is 10.7. The summed E-state index contributed by atoms with van der Waals surface area (Å²) in [6.07, 6.45) is 6.37. The van der Waals surface area contributed by atoms with Gasteiger partial charge in [-0.15, -0.1) is 24.8 Å². The normalized spacial score (nSPS) is 23.4. The van der Waals surface area contributed by atoms with Gasteiger partial charge in [0.1, 0.15) is 0 Å². The summed E-state index contributed by atoms with van der Waals surface area (Å²) in [6, 6.07) is 10.9. The average Bonchev–Trinajstić information content (AvgIpc) is 2.62. The predicted octanol–water partition coefficient (Wildman–Crippen LogP) is 3.72. The maximum absolute atomic E-state index is 12.7. The van der Waals surface area contributed by atoms with Crippen molar-refractivity contribution in [2.75, 3.05) is 26.7 Å². The molecule has 0 spiro atoms. The number of nitrogens with two attached hydrogens (primary N) is 1. The molecule has 2 N–H and O–H groups in total. The molecule has 1 saturated carbocycles. The maximum atomic E-state index is 12.7. The van der Waals surface area contributed by atoms with E-state index < -0.39 is 0 Å². The Balaban J connectivity index is 0.00000182. The molecule has 2 atom stereocenters. The van der Waals surface area contributed by atoms with Crippen LogP contribution in [0.2, 0.25) is 0 Å². The van der Waals surface area contributed by atoms with E-state index in [4.69, 9.17) is 5.73 Å². The summed E-state index contributed by atoms with van der Waals surface area (Å²) >= 11 is 0. The quantitative estimate of drug-likeness (QED) is 0.796. The molecule has 2 unspecified atom stereocenters. The summed E-state index contributed by atoms with van der Waals surface area (Å²) in [6.45, 7) is 3.97. The molecule has 2 fully saturated rings. The zero-order valence-electron chi connectivity index (χ0n) is 16.4. The van der Waals surface area contributed by atoms with Crippen molar-refractivity contribution in [1.29, 1.82) is 0 Å². The third-order valence-electron chi connectivity index (χ3n) is 5.86. The fourth-order valence-corrected chi connectivity index (χ4v) is 4.45. The molecule has 0 aromatic heterocycles. The van der Waals surface area contributed by atoms with Crippen LogP contribution in [0, 0.1) is 11.8 Å². The van der Waals surface area contributed by atoms with Gasteiger partial charge in [-0.2, -0.15) is 0 Å². The Morgan fingerprint density at radius 2 is 1.78 bits per heavy atom. The summed E-state index contributed by atoms with van der Waals surface area (Å²) < 4.78 is 0. The lowest BCUT2D eigenvalue weighted by Crippen LogP contribution is -2.45. The first-order valence-corrected chi connectivity index (χ1v) is 9.88. The van der Waals surface area contributed by atoms with Gasteiger partial charge >= 0.3 is 0 Å². The van der Waals surface area contributed by atoms with Crippen LogP contribution in [-0.2, 0) is 11.3 Å². The summed E-state index contributed by atoms with van der Waals surface area (Å²) in [5, 5.41) is 0. The standard InChI is InChI=1S/C21H33N3O.2ClH/c1-23(15-17-6-3-2-4-7-17)16-18-10-12-24(13-11-18)21(25)19-8-5-9-20(22)14-19;;/h2-4,6-7,18-20H,5,8-16,22H2,1H3;2*1H. The number of piperidine rings is 1. The first-order valence-electron chi connectivity index (χ1n) is 9.88. The van der Waals surface area contributed by atoms with E-state index in [1.54, 1.807) is 0 Å². The molecule has 3 rings (SSSR count). The van der Waals surface area contributed by atoms with Crippen LogP contribution in [0.3, 0.4) is 0 Å². The van der Waals surface area contributed by atoms with Gasteiger partial charge in [0.25, 0.3) is 0 Å². The van der Waals surface area contributed by atoms with E-state index in [9.17, 15) is 4.79 Å². The SMILES string of the molecule is CN(Cc1ccccc1)CC1CCN(C(=O)C2CCCC(N)C2)CC1.Cl.Cl. The van der Waals surface area contributed by atoms with E-state index in [1.165, 1.54) is 5.56 Å². The molecular weight excluding hydrogens is 381 g/mol. The average molecular weight is 416 g/mol. The van der Waals surface area contributed by atoms with E-state index in [2.05, 4.69) is 47.2 Å². The molecule has 1 amide bonds. The minimum atomic E-state index is 0. The van der Waals surface area contributed by atoms with E-state index >= 15 is 0 Å². The van der Waals surface area contributed by atoms with Gasteiger partial charge in [-0.3, -0.25) is 4.79 Å². The largest absolute Gasteiger partial charge is 0.342 e. The van der Waals surface area contributed by atoms with E-state index in [0.717, 1.165) is 64.7 Å². The zero-order valence-corrected chi connectivity index (χ0v) is 18.0. The van der Waals surface area contributed by atoms with Gasteiger partial charge in [-0.1, -0.05) is 36.8 Å². The molecule has 1 aromatic carbocycles. The number of hydrogen-bond acceptors (Lipinski definition) is 3. The smallest absolute Gasteiger partial charge is 0.225 e. The molecule has 27 heavy (non-hydrogen) atoms. The fraction of sp³-hybridized carbons (Fsp3) is 0.667. The monoisotopic (exact) mass is 415 g/mol. The summed E-state index contributed by atoms with van der Waals surface area (Å²) in [7, 11) is 2.20. The predicted molar refractivity (Wildman–Crippen MR) is 117 cm³/mol. The van der Waals surface area contributed by atoms with E-state index in [0.29, 0.717) is 11.8 Å². The van der Waals surface area contributed by atoms with Crippen molar-refractivity contribution in [1.82, 2.24) is 9.80 Å². The summed E-state index contributed by atoms with van der Waals surface area (Å²) in [5.41, 5.74) is 7.42. The molecule has 154 valence electrons. The first kappa shape index (κ1) is 24.2. The van der Waals surface area contributed by atoms with Crippen molar-refractivity contribution in [3.8, 4) is 0 Å². The van der Waals surface area contributed by atoms with Gasteiger partial charge in [0.2, 0.25) is 5.91 Å². The number of carbonyl (C=O) groups excluding carboxylic acids is 1. The van der Waals surface area contributed by atoms with Gasteiger partial charge in [0.05, 0.1) is 0 Å². The van der Waals surface area contributed by atoms with Crippen molar-refractivity contribution in [3.63, 3.8) is 0 Å². The van der Waals surface area contributed by atoms with Crippen molar-refractivity contribution >= 4 is 30.7 Å². The molecule has 1 saturated heterocycles. The molecular formula is C21H35Cl2N3O. The highest BCUT2D eigenvalue weighted by Gasteiger charge is 2.31. The van der Waals surface area contributed by atoms with Crippen LogP contribution >= 0.6 is 24.8 Å². The molecule has 1 aromatic rings. The lowest BCUT2D eigenvalue weighted by atomic mass is 9.84. The highest BCUT2D eigenvalue weighted by molar-refractivity contribution is 5.85. The highest BCUT2D eigenvalue weighted by atomic mass is 35.5. The van der Waals surface area contributed by atoms with Gasteiger partial charge in [-0.05, 0) is 50.6 Å². The van der Waals surface area contributed by atoms with Crippen molar-refractivity contribution in [2.24, 2.45) is 17.6 Å². The van der Waals surface area contributed by atoms with Crippen molar-refractivity contribution in [2.45, 2.75) is 51.1 Å². The molecule has 2 aliphatic rings. The number of halogens is 2. The Bertz CT molecular complexity index is 550. The third-order valence-corrected chi connectivity index (χ3v) is 5.86. The summed E-state index contributed by atoms with van der Waals surface area (Å²) in [5.74, 6) is 1.25. The van der Waals surface area contributed by atoms with Crippen LogP contribution < -0.4 is 5.73 Å². The molecule has 6 heteroatoms. The number of amides is 1. The lowest BCUT2D eigenvalue weighted by Gasteiger charge is -2.37. The van der Waals surface area contributed by atoms with Crippen molar-refractivity contribution in [3.05, 3.63) is 35.9 Å². The van der Waals surface area contributed by atoms with Crippen molar-refractivity contribution < 1.29 is 4.79 Å².